The zero-order valence-corrected chi connectivity index (χ0v) is 19.3. The number of benzene rings is 1. The van der Waals surface area contributed by atoms with Gasteiger partial charge in [-0.15, -0.1) is 12.4 Å². The van der Waals surface area contributed by atoms with Crippen LogP contribution in [0.4, 0.5) is 0 Å². The zero-order chi connectivity index (χ0) is 20.0. The minimum Gasteiger partial charge on any atom is -0.491 e. The molecular formula is C25H38ClNO3. The van der Waals surface area contributed by atoms with E-state index in [1.54, 1.807) is 0 Å². The number of ether oxygens (including phenoxy) is 2. The minimum atomic E-state index is -0.477. The standard InChI is InChI=1S/C25H37NO3.ClH/c1-17-13-26(14-18(2)29-17)15-23(27)16-28-24-5-3-22(4-6-24)25-10-19-7-20(11-25)9-21(8-19)12-25;/h3-6,17-21,23,27H,7-16H2,1-2H3;1H. The SMILES string of the molecule is CC1CN(CC(O)COc2ccc(C34CC5CC(CC(C5)C3)C4)cc2)CC(C)O1.Cl. The number of halogens is 1. The van der Waals surface area contributed by atoms with Crippen LogP contribution in [-0.4, -0.2) is 54.6 Å². The molecule has 0 amide bonds. The summed E-state index contributed by atoms with van der Waals surface area (Å²) < 4.78 is 11.7. The summed E-state index contributed by atoms with van der Waals surface area (Å²) in [6.07, 6.45) is 8.62. The summed E-state index contributed by atoms with van der Waals surface area (Å²) in [7, 11) is 0. The van der Waals surface area contributed by atoms with Crippen molar-refractivity contribution in [3.63, 3.8) is 0 Å². The number of β-amino-alcohol motifs (C(OH)–C–C–N with tert-alkyl or cyclic N) is 1. The third-order valence-corrected chi connectivity index (χ3v) is 7.91. The molecule has 1 aliphatic heterocycles. The van der Waals surface area contributed by atoms with Crippen LogP contribution in [0.15, 0.2) is 24.3 Å². The number of nitrogens with zero attached hydrogens (tertiary/aromatic N) is 1. The van der Waals surface area contributed by atoms with Crippen molar-refractivity contribution in [3.05, 3.63) is 29.8 Å². The summed E-state index contributed by atoms with van der Waals surface area (Å²) in [5, 5.41) is 10.4. The minimum absolute atomic E-state index is 0. The van der Waals surface area contributed by atoms with E-state index >= 15 is 0 Å². The van der Waals surface area contributed by atoms with Crippen LogP contribution in [-0.2, 0) is 10.2 Å². The molecule has 168 valence electrons. The van der Waals surface area contributed by atoms with Gasteiger partial charge in [-0.3, -0.25) is 4.90 Å². The third-order valence-electron chi connectivity index (χ3n) is 7.91. The molecule has 1 N–H and O–H groups in total. The van der Waals surface area contributed by atoms with Crippen molar-refractivity contribution in [2.24, 2.45) is 17.8 Å². The molecule has 0 radical (unpaired) electrons. The first-order valence-electron chi connectivity index (χ1n) is 11.8. The third kappa shape index (κ3) is 4.67. The summed E-state index contributed by atoms with van der Waals surface area (Å²) in [6, 6.07) is 8.86. The van der Waals surface area contributed by atoms with Crippen LogP contribution < -0.4 is 4.74 Å². The summed E-state index contributed by atoms with van der Waals surface area (Å²) in [5.74, 6) is 3.79. The largest absolute Gasteiger partial charge is 0.491 e. The van der Waals surface area contributed by atoms with Crippen molar-refractivity contribution in [2.75, 3.05) is 26.2 Å². The molecule has 0 spiro atoms. The van der Waals surface area contributed by atoms with Crippen LogP contribution in [0.3, 0.4) is 0 Å². The van der Waals surface area contributed by atoms with Crippen molar-refractivity contribution < 1.29 is 14.6 Å². The van der Waals surface area contributed by atoms with Gasteiger partial charge in [0.2, 0.25) is 0 Å². The molecule has 3 atom stereocenters. The van der Waals surface area contributed by atoms with Crippen LogP contribution in [0.2, 0.25) is 0 Å². The molecule has 0 aromatic heterocycles. The van der Waals surface area contributed by atoms with Crippen LogP contribution in [0.25, 0.3) is 0 Å². The topological polar surface area (TPSA) is 41.9 Å². The van der Waals surface area contributed by atoms with Gasteiger partial charge in [0.25, 0.3) is 0 Å². The van der Waals surface area contributed by atoms with E-state index in [2.05, 4.69) is 43.0 Å². The van der Waals surface area contributed by atoms with Gasteiger partial charge in [-0.05, 0) is 93.2 Å². The normalized spacial score (nSPS) is 38.8. The van der Waals surface area contributed by atoms with Gasteiger partial charge in [0.05, 0.1) is 12.2 Å². The fraction of sp³-hybridized carbons (Fsp3) is 0.760. The molecule has 4 saturated carbocycles. The van der Waals surface area contributed by atoms with Gasteiger partial charge in [0.1, 0.15) is 18.5 Å². The average molecular weight is 436 g/mol. The van der Waals surface area contributed by atoms with Crippen molar-refractivity contribution in [1.29, 1.82) is 0 Å². The summed E-state index contributed by atoms with van der Waals surface area (Å²) in [4.78, 5) is 2.28. The van der Waals surface area contributed by atoms with Gasteiger partial charge in [-0.25, -0.2) is 0 Å². The maximum absolute atomic E-state index is 10.4. The molecule has 30 heavy (non-hydrogen) atoms. The Bertz CT molecular complexity index is 664. The lowest BCUT2D eigenvalue weighted by atomic mass is 9.48. The van der Waals surface area contributed by atoms with Gasteiger partial charge < -0.3 is 14.6 Å². The molecule has 1 saturated heterocycles. The number of aliphatic hydroxyl groups is 1. The van der Waals surface area contributed by atoms with E-state index in [-0.39, 0.29) is 24.6 Å². The van der Waals surface area contributed by atoms with E-state index in [0.717, 1.165) is 36.6 Å². The summed E-state index contributed by atoms with van der Waals surface area (Å²) in [5.41, 5.74) is 1.97. The molecule has 1 aromatic carbocycles. The fourth-order valence-electron chi connectivity index (χ4n) is 7.35. The lowest BCUT2D eigenvalue weighted by Crippen LogP contribution is -2.48. The average Bonchev–Trinajstić information content (AvgIpc) is 2.65. The van der Waals surface area contributed by atoms with Crippen LogP contribution >= 0.6 is 12.4 Å². The Kier molecular flexibility index (Phi) is 6.70. The van der Waals surface area contributed by atoms with E-state index in [0.29, 0.717) is 18.6 Å². The van der Waals surface area contributed by atoms with E-state index in [1.807, 2.05) is 0 Å². The highest BCUT2D eigenvalue weighted by Gasteiger charge is 2.51. The van der Waals surface area contributed by atoms with Crippen LogP contribution in [0.5, 0.6) is 5.75 Å². The monoisotopic (exact) mass is 435 g/mol. The first kappa shape index (κ1) is 22.4. The van der Waals surface area contributed by atoms with Gasteiger partial charge in [-0.1, -0.05) is 12.1 Å². The van der Waals surface area contributed by atoms with Crippen molar-refractivity contribution in [2.45, 2.75) is 76.1 Å². The maximum atomic E-state index is 10.4. The molecule has 4 aliphatic carbocycles. The highest BCUT2D eigenvalue weighted by Crippen LogP contribution is 2.60. The second-order valence-corrected chi connectivity index (χ2v) is 10.7. The van der Waals surface area contributed by atoms with E-state index < -0.39 is 6.10 Å². The Morgan fingerprint density at radius 2 is 1.53 bits per heavy atom. The predicted molar refractivity (Wildman–Crippen MR) is 121 cm³/mol. The molecule has 1 aromatic rings. The number of hydrogen-bond acceptors (Lipinski definition) is 4. The first-order valence-corrected chi connectivity index (χ1v) is 11.8. The lowest BCUT2D eigenvalue weighted by Gasteiger charge is -2.57. The smallest absolute Gasteiger partial charge is 0.119 e. The van der Waals surface area contributed by atoms with Gasteiger partial charge >= 0.3 is 0 Å². The summed E-state index contributed by atoms with van der Waals surface area (Å²) in [6.45, 7) is 6.93. The second-order valence-electron chi connectivity index (χ2n) is 10.7. The maximum Gasteiger partial charge on any atom is 0.119 e. The molecule has 5 heteroatoms. The molecule has 4 nitrogen and oxygen atoms in total. The Morgan fingerprint density at radius 1 is 1.00 bits per heavy atom. The van der Waals surface area contributed by atoms with Gasteiger partial charge in [0, 0.05) is 19.6 Å². The highest BCUT2D eigenvalue weighted by atomic mass is 35.5. The number of rotatable bonds is 6. The molecule has 3 unspecified atom stereocenters. The molecule has 6 rings (SSSR count). The van der Waals surface area contributed by atoms with Crippen LogP contribution in [0, 0.1) is 17.8 Å². The Labute approximate surface area is 187 Å². The fourth-order valence-corrected chi connectivity index (χ4v) is 7.35. The predicted octanol–water partition coefficient (Wildman–Crippen LogP) is 4.43. The van der Waals surface area contributed by atoms with Crippen molar-refractivity contribution >= 4 is 12.4 Å². The van der Waals surface area contributed by atoms with Gasteiger partial charge in [0.15, 0.2) is 0 Å². The number of morpholine rings is 1. The number of aliphatic hydroxyl groups excluding tert-OH is 1. The Balaban J connectivity index is 0.00000218. The highest BCUT2D eigenvalue weighted by molar-refractivity contribution is 5.85. The Morgan fingerprint density at radius 3 is 2.07 bits per heavy atom. The first-order chi connectivity index (χ1) is 14.0. The molecule has 4 bridgehead atoms. The molecule has 1 heterocycles. The van der Waals surface area contributed by atoms with Crippen molar-refractivity contribution in [3.8, 4) is 5.75 Å². The second kappa shape index (κ2) is 8.97. The van der Waals surface area contributed by atoms with E-state index in [4.69, 9.17) is 9.47 Å². The molecule has 5 aliphatic rings. The number of hydrogen-bond donors (Lipinski definition) is 1. The van der Waals surface area contributed by atoms with E-state index in [9.17, 15) is 5.11 Å². The van der Waals surface area contributed by atoms with Crippen molar-refractivity contribution in [1.82, 2.24) is 4.90 Å². The molecule has 5 fully saturated rings. The zero-order valence-electron chi connectivity index (χ0n) is 18.5. The molecular weight excluding hydrogens is 398 g/mol. The van der Waals surface area contributed by atoms with Gasteiger partial charge in [-0.2, -0.15) is 0 Å². The van der Waals surface area contributed by atoms with Crippen LogP contribution in [0.1, 0.15) is 57.9 Å². The van der Waals surface area contributed by atoms with E-state index in [1.165, 1.54) is 44.1 Å². The lowest BCUT2D eigenvalue weighted by molar-refractivity contribution is -0.0786. The summed E-state index contributed by atoms with van der Waals surface area (Å²) >= 11 is 0. The Hall–Kier alpha value is -0.810. The quantitative estimate of drug-likeness (QED) is 0.717.